The molecule has 162 valence electrons. The van der Waals surface area contributed by atoms with E-state index < -0.39 is 11.8 Å². The van der Waals surface area contributed by atoms with Crippen LogP contribution in [0.5, 0.6) is 0 Å². The van der Waals surface area contributed by atoms with Crippen LogP contribution < -0.4 is 10.9 Å². The highest BCUT2D eigenvalue weighted by atomic mass is 19.1. The molecule has 4 aromatic rings. The molecule has 2 aromatic carbocycles. The molecule has 0 aliphatic carbocycles. The summed E-state index contributed by atoms with van der Waals surface area (Å²) in [5.74, 6) is -0.531. The van der Waals surface area contributed by atoms with Crippen LogP contribution in [0.15, 0.2) is 71.8 Å². The lowest BCUT2D eigenvalue weighted by atomic mass is 10.0. The van der Waals surface area contributed by atoms with Gasteiger partial charge in [0.1, 0.15) is 5.82 Å². The number of nitrogens with zero attached hydrogens (tertiary/aromatic N) is 2. The van der Waals surface area contributed by atoms with E-state index in [0.29, 0.717) is 5.56 Å². The number of carbonyl (C=O) groups is 1. The molecular weight excluding hydrogens is 407 g/mol. The number of para-hydroxylation sites is 1. The summed E-state index contributed by atoms with van der Waals surface area (Å²) in [7, 11) is 0. The van der Waals surface area contributed by atoms with Crippen molar-refractivity contribution in [2.45, 2.75) is 26.9 Å². The predicted molar refractivity (Wildman–Crippen MR) is 123 cm³/mol. The number of anilines is 1. The average Bonchev–Trinajstić information content (AvgIpc) is 2.76. The minimum atomic E-state index is -0.531. The van der Waals surface area contributed by atoms with Crippen LogP contribution in [0.1, 0.15) is 22.3 Å². The van der Waals surface area contributed by atoms with Gasteiger partial charge in [-0.05, 0) is 60.9 Å². The molecule has 6 nitrogen and oxygen atoms in total. The number of aromatic nitrogens is 2. The minimum Gasteiger partial charge on any atom is -0.322 e. The lowest BCUT2D eigenvalue weighted by Gasteiger charge is -2.23. The Bertz CT molecular complexity index is 1340. The molecule has 32 heavy (non-hydrogen) atoms. The van der Waals surface area contributed by atoms with Gasteiger partial charge in [-0.15, -0.1) is 0 Å². The van der Waals surface area contributed by atoms with Crippen LogP contribution in [0.3, 0.4) is 0 Å². The van der Waals surface area contributed by atoms with Crippen molar-refractivity contribution >= 4 is 22.6 Å². The highest BCUT2D eigenvalue weighted by Gasteiger charge is 2.18. The van der Waals surface area contributed by atoms with Gasteiger partial charge in [-0.1, -0.05) is 24.3 Å². The number of aromatic amines is 1. The Hall–Kier alpha value is -4.00. The van der Waals surface area contributed by atoms with Gasteiger partial charge in [0.05, 0.1) is 12.2 Å². The van der Waals surface area contributed by atoms with Crippen molar-refractivity contribution in [2.24, 2.45) is 0 Å². The highest BCUT2D eigenvalue weighted by molar-refractivity contribution is 5.89. The fourth-order valence-corrected chi connectivity index (χ4v) is 3.71. The normalized spacial score (nSPS) is 10.8. The van der Waals surface area contributed by atoms with Crippen molar-refractivity contribution in [3.63, 3.8) is 0 Å². The van der Waals surface area contributed by atoms with Gasteiger partial charge in [-0.3, -0.25) is 9.78 Å². The van der Waals surface area contributed by atoms with Crippen molar-refractivity contribution < 1.29 is 9.18 Å². The topological polar surface area (TPSA) is 78.1 Å². The molecule has 0 spiro atoms. The second-order valence-corrected chi connectivity index (χ2v) is 7.79. The van der Waals surface area contributed by atoms with E-state index in [1.165, 1.54) is 17.0 Å². The van der Waals surface area contributed by atoms with Gasteiger partial charge in [-0.2, -0.15) is 0 Å². The third kappa shape index (κ3) is 4.67. The number of pyridine rings is 2. The second-order valence-electron chi connectivity index (χ2n) is 7.79. The molecule has 0 bridgehead atoms. The fraction of sp³-hybridized carbons (Fsp3) is 0.160. The van der Waals surface area contributed by atoms with Crippen LogP contribution in [0.4, 0.5) is 14.9 Å². The summed E-state index contributed by atoms with van der Waals surface area (Å²) in [5.41, 5.74) is 3.89. The Kier molecular flexibility index (Phi) is 5.98. The quantitative estimate of drug-likeness (QED) is 0.472. The number of urea groups is 1. The third-order valence-electron chi connectivity index (χ3n) is 5.25. The Balaban J connectivity index is 1.68. The summed E-state index contributed by atoms with van der Waals surface area (Å²) < 4.78 is 14.1. The molecule has 4 rings (SSSR count). The molecule has 0 unspecified atom stereocenters. The Morgan fingerprint density at radius 1 is 1.09 bits per heavy atom. The molecule has 2 amide bonds. The summed E-state index contributed by atoms with van der Waals surface area (Å²) in [6.07, 6.45) is 3.30. The average molecular weight is 430 g/mol. The zero-order valence-corrected chi connectivity index (χ0v) is 17.9. The largest absolute Gasteiger partial charge is 0.322 e. The molecular formula is C25H23FN4O2. The van der Waals surface area contributed by atoms with Crippen LogP contribution >= 0.6 is 0 Å². The first-order valence-electron chi connectivity index (χ1n) is 10.2. The van der Waals surface area contributed by atoms with E-state index in [2.05, 4.69) is 15.3 Å². The maximum atomic E-state index is 14.1. The second kappa shape index (κ2) is 9.01. The number of carbonyl (C=O) groups excluding carboxylic acids is 1. The summed E-state index contributed by atoms with van der Waals surface area (Å²) in [5, 5.41) is 3.52. The standard InChI is InChI=1S/C25H23FN4O2/c1-16-10-17(2)20-12-19(24(31)28-23(20)11-16)15-30(14-18-6-5-9-27-13-18)25(32)29-22-8-4-3-7-21(22)26/h3-13H,14-15H2,1-2H3,(H,28,31)(H,29,32). The SMILES string of the molecule is Cc1cc(C)c2cc(CN(Cc3cccnc3)C(=O)Nc3ccccc3F)c(=O)[nH]c2c1. The molecule has 0 saturated carbocycles. The number of rotatable bonds is 5. The predicted octanol–water partition coefficient (Wildman–Crippen LogP) is 4.91. The zero-order chi connectivity index (χ0) is 22.7. The number of benzene rings is 2. The number of nitrogens with one attached hydrogen (secondary N) is 2. The fourth-order valence-electron chi connectivity index (χ4n) is 3.71. The Morgan fingerprint density at radius 2 is 1.91 bits per heavy atom. The van der Waals surface area contributed by atoms with Crippen molar-refractivity contribution in [1.82, 2.24) is 14.9 Å². The first kappa shape index (κ1) is 21.2. The molecule has 0 saturated heterocycles. The van der Waals surface area contributed by atoms with Crippen LogP contribution in [0, 0.1) is 19.7 Å². The molecule has 0 fully saturated rings. The number of amides is 2. The smallest absolute Gasteiger partial charge is 0.322 e. The first-order valence-corrected chi connectivity index (χ1v) is 10.2. The number of hydrogen-bond acceptors (Lipinski definition) is 3. The van der Waals surface area contributed by atoms with E-state index in [4.69, 9.17) is 0 Å². The molecule has 0 atom stereocenters. The van der Waals surface area contributed by atoms with Gasteiger partial charge in [0.15, 0.2) is 0 Å². The third-order valence-corrected chi connectivity index (χ3v) is 5.25. The van der Waals surface area contributed by atoms with Gasteiger partial charge in [0, 0.05) is 35.4 Å². The molecule has 7 heteroatoms. The van der Waals surface area contributed by atoms with Crippen LogP contribution in [0.2, 0.25) is 0 Å². The lowest BCUT2D eigenvalue weighted by Crippen LogP contribution is -2.36. The van der Waals surface area contributed by atoms with E-state index in [0.717, 1.165) is 27.6 Å². The number of aryl methyl sites for hydroxylation is 2. The lowest BCUT2D eigenvalue weighted by molar-refractivity contribution is 0.206. The van der Waals surface area contributed by atoms with Crippen molar-refractivity contribution in [3.8, 4) is 0 Å². The summed E-state index contributed by atoms with van der Waals surface area (Å²) >= 11 is 0. The van der Waals surface area contributed by atoms with Gasteiger partial charge in [0.25, 0.3) is 5.56 Å². The van der Waals surface area contributed by atoms with Crippen molar-refractivity contribution in [3.05, 3.63) is 105 Å². The zero-order valence-electron chi connectivity index (χ0n) is 17.9. The monoisotopic (exact) mass is 430 g/mol. The Morgan fingerprint density at radius 3 is 2.66 bits per heavy atom. The first-order chi connectivity index (χ1) is 15.4. The minimum absolute atomic E-state index is 0.0494. The van der Waals surface area contributed by atoms with Gasteiger partial charge >= 0.3 is 6.03 Å². The molecule has 0 radical (unpaired) electrons. The molecule has 0 aliphatic rings. The summed E-state index contributed by atoms with van der Waals surface area (Å²) in [6.45, 7) is 4.21. The van der Waals surface area contributed by atoms with Crippen molar-refractivity contribution in [2.75, 3.05) is 5.32 Å². The van der Waals surface area contributed by atoms with E-state index in [-0.39, 0.29) is 24.3 Å². The van der Waals surface area contributed by atoms with Gasteiger partial charge < -0.3 is 15.2 Å². The number of fused-ring (bicyclic) bond motifs is 1. The number of halogens is 1. The highest BCUT2D eigenvalue weighted by Crippen LogP contribution is 2.20. The molecule has 2 N–H and O–H groups in total. The van der Waals surface area contributed by atoms with E-state index in [1.54, 1.807) is 30.6 Å². The van der Waals surface area contributed by atoms with E-state index in [9.17, 15) is 14.0 Å². The van der Waals surface area contributed by atoms with Crippen LogP contribution in [-0.2, 0) is 13.1 Å². The molecule has 2 heterocycles. The Labute approximate surface area is 184 Å². The summed E-state index contributed by atoms with van der Waals surface area (Å²) in [6, 6.07) is 14.8. The van der Waals surface area contributed by atoms with E-state index >= 15 is 0 Å². The van der Waals surface area contributed by atoms with E-state index in [1.807, 2.05) is 38.1 Å². The van der Waals surface area contributed by atoms with Crippen LogP contribution in [0.25, 0.3) is 10.9 Å². The van der Waals surface area contributed by atoms with Gasteiger partial charge in [-0.25, -0.2) is 9.18 Å². The number of hydrogen-bond donors (Lipinski definition) is 2. The maximum Gasteiger partial charge on any atom is 0.322 e. The molecule has 2 aromatic heterocycles. The summed E-state index contributed by atoms with van der Waals surface area (Å²) in [4.78, 5) is 34.3. The maximum absolute atomic E-state index is 14.1. The van der Waals surface area contributed by atoms with Crippen molar-refractivity contribution in [1.29, 1.82) is 0 Å². The molecule has 0 aliphatic heterocycles. The van der Waals surface area contributed by atoms with Crippen LogP contribution in [-0.4, -0.2) is 20.9 Å². The van der Waals surface area contributed by atoms with Gasteiger partial charge in [0.2, 0.25) is 0 Å². The number of H-pyrrole nitrogens is 1.